The minimum absolute atomic E-state index is 0.115. The van der Waals surface area contributed by atoms with E-state index in [1.807, 2.05) is 13.8 Å². The SMILES string of the molecule is CCN(CCOC)c1nsnc1OC(C)C. The third-order valence-corrected chi connectivity index (χ3v) is 2.54. The van der Waals surface area contributed by atoms with E-state index in [-0.39, 0.29) is 6.10 Å². The van der Waals surface area contributed by atoms with Gasteiger partial charge in [0, 0.05) is 20.2 Å². The Kier molecular flexibility index (Phi) is 5.48. The maximum absolute atomic E-state index is 5.60. The van der Waals surface area contributed by atoms with Gasteiger partial charge in [-0.2, -0.15) is 4.37 Å². The summed E-state index contributed by atoms with van der Waals surface area (Å²) >= 11 is 1.18. The number of hydrogen-bond donors (Lipinski definition) is 0. The Hall–Kier alpha value is -0.880. The van der Waals surface area contributed by atoms with Crippen LogP contribution in [0.3, 0.4) is 0 Å². The summed E-state index contributed by atoms with van der Waals surface area (Å²) in [6.07, 6.45) is 0.115. The van der Waals surface area contributed by atoms with Gasteiger partial charge in [0.1, 0.15) is 0 Å². The fraction of sp³-hybridized carbons (Fsp3) is 0.800. The molecule has 1 heterocycles. The highest BCUT2D eigenvalue weighted by Gasteiger charge is 2.16. The van der Waals surface area contributed by atoms with Crippen molar-refractivity contribution >= 4 is 17.5 Å². The van der Waals surface area contributed by atoms with Crippen molar-refractivity contribution in [1.82, 2.24) is 8.75 Å². The van der Waals surface area contributed by atoms with E-state index >= 15 is 0 Å². The summed E-state index contributed by atoms with van der Waals surface area (Å²) in [6, 6.07) is 0. The van der Waals surface area contributed by atoms with E-state index in [4.69, 9.17) is 9.47 Å². The van der Waals surface area contributed by atoms with Crippen LogP contribution in [0.1, 0.15) is 20.8 Å². The zero-order valence-electron chi connectivity index (χ0n) is 10.3. The second kappa shape index (κ2) is 6.65. The number of hydrogen-bond acceptors (Lipinski definition) is 6. The van der Waals surface area contributed by atoms with Crippen molar-refractivity contribution in [3.8, 4) is 5.88 Å². The lowest BCUT2D eigenvalue weighted by Gasteiger charge is -2.20. The van der Waals surface area contributed by atoms with Crippen molar-refractivity contribution in [2.24, 2.45) is 0 Å². The Morgan fingerprint density at radius 2 is 2.12 bits per heavy atom. The summed E-state index contributed by atoms with van der Waals surface area (Å²) < 4.78 is 19.1. The van der Waals surface area contributed by atoms with Crippen molar-refractivity contribution in [3.63, 3.8) is 0 Å². The molecule has 0 saturated carbocycles. The van der Waals surface area contributed by atoms with Crippen molar-refractivity contribution < 1.29 is 9.47 Å². The molecule has 0 radical (unpaired) electrons. The maximum atomic E-state index is 5.60. The summed E-state index contributed by atoms with van der Waals surface area (Å²) in [7, 11) is 1.69. The number of likely N-dealkylation sites (N-methyl/N-ethyl adjacent to an activating group) is 1. The van der Waals surface area contributed by atoms with Gasteiger partial charge in [-0.1, -0.05) is 0 Å². The Morgan fingerprint density at radius 3 is 2.69 bits per heavy atom. The second-order valence-electron chi connectivity index (χ2n) is 3.63. The maximum Gasteiger partial charge on any atom is 0.271 e. The van der Waals surface area contributed by atoms with Crippen LogP contribution in [0.5, 0.6) is 5.88 Å². The summed E-state index contributed by atoms with van der Waals surface area (Å²) in [5.41, 5.74) is 0. The van der Waals surface area contributed by atoms with Crippen molar-refractivity contribution in [1.29, 1.82) is 0 Å². The summed E-state index contributed by atoms with van der Waals surface area (Å²) in [4.78, 5) is 2.10. The van der Waals surface area contributed by atoms with E-state index in [2.05, 4.69) is 20.6 Å². The average Bonchev–Trinajstić information content (AvgIpc) is 2.67. The van der Waals surface area contributed by atoms with Gasteiger partial charge < -0.3 is 14.4 Å². The smallest absolute Gasteiger partial charge is 0.271 e. The van der Waals surface area contributed by atoms with Crippen LogP contribution in [0.25, 0.3) is 0 Å². The van der Waals surface area contributed by atoms with E-state index in [0.29, 0.717) is 12.5 Å². The van der Waals surface area contributed by atoms with Gasteiger partial charge in [0.2, 0.25) is 5.82 Å². The Morgan fingerprint density at radius 1 is 1.38 bits per heavy atom. The van der Waals surface area contributed by atoms with Crippen LogP contribution in [-0.4, -0.2) is 41.7 Å². The number of methoxy groups -OCH3 is 1. The first-order valence-electron chi connectivity index (χ1n) is 5.42. The molecule has 0 N–H and O–H groups in total. The molecule has 0 unspecified atom stereocenters. The van der Waals surface area contributed by atoms with Crippen LogP contribution in [0, 0.1) is 0 Å². The summed E-state index contributed by atoms with van der Waals surface area (Å²) in [5, 5.41) is 0. The molecule has 1 aromatic rings. The molecule has 0 atom stereocenters. The Bertz CT molecular complexity index is 304. The fourth-order valence-electron chi connectivity index (χ4n) is 1.28. The normalized spacial score (nSPS) is 10.8. The first kappa shape index (κ1) is 13.2. The van der Waals surface area contributed by atoms with Crippen LogP contribution in [0.15, 0.2) is 0 Å². The predicted octanol–water partition coefficient (Wildman–Crippen LogP) is 1.80. The first-order chi connectivity index (χ1) is 7.69. The van der Waals surface area contributed by atoms with E-state index < -0.39 is 0 Å². The molecule has 92 valence electrons. The van der Waals surface area contributed by atoms with Gasteiger partial charge >= 0.3 is 0 Å². The largest absolute Gasteiger partial charge is 0.472 e. The Balaban J connectivity index is 2.71. The average molecular weight is 245 g/mol. The van der Waals surface area contributed by atoms with Gasteiger partial charge in [0.05, 0.1) is 24.4 Å². The molecule has 0 bridgehead atoms. The number of rotatable bonds is 7. The lowest BCUT2D eigenvalue weighted by molar-refractivity contribution is 0.204. The molecule has 0 aliphatic carbocycles. The number of aromatic nitrogens is 2. The van der Waals surface area contributed by atoms with Crippen LogP contribution in [0.2, 0.25) is 0 Å². The van der Waals surface area contributed by atoms with Gasteiger partial charge in [0.15, 0.2) is 0 Å². The van der Waals surface area contributed by atoms with Gasteiger partial charge in [0.25, 0.3) is 5.88 Å². The van der Waals surface area contributed by atoms with Crippen LogP contribution >= 0.6 is 11.7 Å². The molecule has 0 aliphatic rings. The third kappa shape index (κ3) is 3.61. The fourth-order valence-corrected chi connectivity index (χ4v) is 1.79. The molecule has 0 amide bonds. The van der Waals surface area contributed by atoms with Crippen LogP contribution < -0.4 is 9.64 Å². The highest BCUT2D eigenvalue weighted by Crippen LogP contribution is 2.26. The van der Waals surface area contributed by atoms with Gasteiger partial charge in [-0.15, -0.1) is 4.37 Å². The highest BCUT2D eigenvalue weighted by atomic mass is 32.1. The molecule has 0 aromatic carbocycles. The third-order valence-electron chi connectivity index (χ3n) is 2.04. The monoisotopic (exact) mass is 245 g/mol. The quantitative estimate of drug-likeness (QED) is 0.733. The standard InChI is InChI=1S/C10H19N3O2S/c1-5-13(6-7-14-4)9-10(12-16-11-9)15-8(2)3/h8H,5-7H2,1-4H3. The van der Waals surface area contributed by atoms with Crippen LogP contribution in [0.4, 0.5) is 5.82 Å². The van der Waals surface area contributed by atoms with Crippen LogP contribution in [-0.2, 0) is 4.74 Å². The second-order valence-corrected chi connectivity index (χ2v) is 4.16. The van der Waals surface area contributed by atoms with Gasteiger partial charge in [-0.3, -0.25) is 0 Å². The molecule has 0 spiro atoms. The molecular weight excluding hydrogens is 226 g/mol. The first-order valence-corrected chi connectivity index (χ1v) is 6.15. The van der Waals surface area contributed by atoms with Gasteiger partial charge in [-0.25, -0.2) is 0 Å². The van der Waals surface area contributed by atoms with Crippen molar-refractivity contribution in [2.45, 2.75) is 26.9 Å². The van der Waals surface area contributed by atoms with E-state index in [1.165, 1.54) is 11.7 Å². The molecule has 0 fully saturated rings. The Labute approximate surface area is 101 Å². The van der Waals surface area contributed by atoms with E-state index in [1.54, 1.807) is 7.11 Å². The van der Waals surface area contributed by atoms with Crippen molar-refractivity contribution in [3.05, 3.63) is 0 Å². The lowest BCUT2D eigenvalue weighted by Crippen LogP contribution is -2.27. The molecule has 16 heavy (non-hydrogen) atoms. The zero-order valence-corrected chi connectivity index (χ0v) is 11.1. The minimum Gasteiger partial charge on any atom is -0.472 e. The topological polar surface area (TPSA) is 47.5 Å². The molecule has 1 aromatic heterocycles. The molecule has 1 rings (SSSR count). The molecule has 5 nitrogen and oxygen atoms in total. The molecule has 6 heteroatoms. The molecule has 0 aliphatic heterocycles. The lowest BCUT2D eigenvalue weighted by atomic mass is 10.4. The summed E-state index contributed by atoms with van der Waals surface area (Å²) in [5.74, 6) is 1.44. The van der Waals surface area contributed by atoms with E-state index in [9.17, 15) is 0 Å². The summed E-state index contributed by atoms with van der Waals surface area (Å²) in [6.45, 7) is 8.37. The minimum atomic E-state index is 0.115. The number of ether oxygens (including phenoxy) is 2. The number of anilines is 1. The molecular formula is C10H19N3O2S. The number of nitrogens with zero attached hydrogens (tertiary/aromatic N) is 3. The van der Waals surface area contributed by atoms with Gasteiger partial charge in [-0.05, 0) is 20.8 Å². The zero-order chi connectivity index (χ0) is 12.0. The predicted molar refractivity (Wildman–Crippen MR) is 65.4 cm³/mol. The highest BCUT2D eigenvalue weighted by molar-refractivity contribution is 6.99. The van der Waals surface area contributed by atoms with E-state index in [0.717, 1.165) is 18.9 Å². The van der Waals surface area contributed by atoms with Crippen molar-refractivity contribution in [2.75, 3.05) is 31.7 Å². The molecule has 0 saturated heterocycles.